The molecule has 0 aromatic carbocycles. The quantitative estimate of drug-likeness (QED) is 0.484. The van der Waals surface area contributed by atoms with Crippen LogP contribution in [-0.2, 0) is 20.8 Å². The van der Waals surface area contributed by atoms with Gasteiger partial charge in [-0.3, -0.25) is 19.2 Å². The summed E-state index contributed by atoms with van der Waals surface area (Å²) in [7, 11) is 0. The average molecular weight is 380 g/mol. The summed E-state index contributed by atoms with van der Waals surface area (Å²) in [5.74, 6) is -1.05. The van der Waals surface area contributed by atoms with E-state index in [0.717, 1.165) is 11.8 Å². The molecule has 2 saturated heterocycles. The third-order valence-corrected chi connectivity index (χ3v) is 5.33. The van der Waals surface area contributed by atoms with Crippen molar-refractivity contribution in [2.75, 3.05) is 12.3 Å². The highest BCUT2D eigenvalue weighted by molar-refractivity contribution is 8.14. The number of nitrogens with zero attached hydrogens (tertiary/aromatic N) is 2. The van der Waals surface area contributed by atoms with Crippen LogP contribution in [0.3, 0.4) is 0 Å². The highest BCUT2D eigenvalue weighted by Gasteiger charge is 2.38. The van der Waals surface area contributed by atoms with Gasteiger partial charge in [0.15, 0.2) is 0 Å². The first-order chi connectivity index (χ1) is 12.5. The van der Waals surface area contributed by atoms with Crippen molar-refractivity contribution >= 4 is 34.7 Å². The lowest BCUT2D eigenvalue weighted by atomic mass is 10.1. The molecule has 0 saturated carbocycles. The van der Waals surface area contributed by atoms with Gasteiger partial charge in [0.2, 0.25) is 17.7 Å². The van der Waals surface area contributed by atoms with E-state index in [1.165, 1.54) is 11.2 Å². The Labute approximate surface area is 153 Å². The summed E-state index contributed by atoms with van der Waals surface area (Å²) in [5.41, 5.74) is 6.06. The number of hydrogen-bond acceptors (Lipinski definition) is 6. The number of hydrogen-bond donors (Lipinski definition) is 4. The predicted molar refractivity (Wildman–Crippen MR) is 92.9 cm³/mol. The summed E-state index contributed by atoms with van der Waals surface area (Å²) in [6.45, 7) is 0.414. The van der Waals surface area contributed by atoms with E-state index >= 15 is 0 Å². The van der Waals surface area contributed by atoms with E-state index in [1.54, 1.807) is 6.20 Å². The van der Waals surface area contributed by atoms with Crippen LogP contribution in [0, 0.1) is 0 Å². The van der Waals surface area contributed by atoms with E-state index in [4.69, 9.17) is 5.73 Å². The van der Waals surface area contributed by atoms with E-state index in [2.05, 4.69) is 20.6 Å². The van der Waals surface area contributed by atoms with Crippen molar-refractivity contribution in [3.63, 3.8) is 0 Å². The fraction of sp³-hybridized carbons (Fsp3) is 0.533. The highest BCUT2D eigenvalue weighted by Crippen LogP contribution is 2.19. The summed E-state index contributed by atoms with van der Waals surface area (Å²) in [6, 6.07) is -2.23. The number of amides is 4. The average Bonchev–Trinajstić information content (AvgIpc) is 3.34. The standard InChI is InChI=1S/C15H20N6O4S/c16-12(22)11-2-1-3-21(11)14(24)9(4-8-5-17-7-18-8)19-13(23)10-6-26-15(25)20-10/h5,7,9-11H,1-4,6H2,(H2,16,22)(H,17,18)(H,19,23)(H,20,25)/t9-,10?,11+/m0/s1. The lowest BCUT2D eigenvalue weighted by Crippen LogP contribution is -2.56. The van der Waals surface area contributed by atoms with Gasteiger partial charge in [-0.25, -0.2) is 4.98 Å². The second-order valence-electron chi connectivity index (χ2n) is 6.23. The molecule has 4 amide bonds. The number of carbonyl (C=O) groups is 4. The van der Waals surface area contributed by atoms with Crippen LogP contribution >= 0.6 is 11.8 Å². The van der Waals surface area contributed by atoms with Crippen LogP contribution in [0.5, 0.6) is 0 Å². The maximum atomic E-state index is 13.0. The van der Waals surface area contributed by atoms with Gasteiger partial charge in [-0.15, -0.1) is 0 Å². The van der Waals surface area contributed by atoms with Crippen LogP contribution in [0.2, 0.25) is 0 Å². The van der Waals surface area contributed by atoms with Crippen molar-refractivity contribution < 1.29 is 19.2 Å². The van der Waals surface area contributed by atoms with Crippen molar-refractivity contribution in [2.24, 2.45) is 5.73 Å². The van der Waals surface area contributed by atoms with E-state index in [0.29, 0.717) is 30.8 Å². The summed E-state index contributed by atoms with van der Waals surface area (Å²) < 4.78 is 0. The second kappa shape index (κ2) is 7.77. The lowest BCUT2D eigenvalue weighted by Gasteiger charge is -2.28. The third kappa shape index (κ3) is 3.98. The molecule has 3 atom stereocenters. The maximum Gasteiger partial charge on any atom is 0.279 e. The van der Waals surface area contributed by atoms with Gasteiger partial charge in [0.1, 0.15) is 18.1 Å². The molecule has 140 valence electrons. The monoisotopic (exact) mass is 380 g/mol. The number of primary amides is 1. The number of H-pyrrole nitrogens is 1. The zero-order valence-electron chi connectivity index (χ0n) is 13.9. The molecule has 1 aromatic rings. The van der Waals surface area contributed by atoms with E-state index < -0.39 is 29.9 Å². The Hall–Kier alpha value is -2.56. The van der Waals surface area contributed by atoms with Gasteiger partial charge in [-0.2, -0.15) is 0 Å². The Kier molecular flexibility index (Phi) is 5.45. The molecular weight excluding hydrogens is 360 g/mol. The minimum Gasteiger partial charge on any atom is -0.368 e. The topological polar surface area (TPSA) is 150 Å². The van der Waals surface area contributed by atoms with Gasteiger partial charge in [0, 0.05) is 30.6 Å². The molecule has 10 nitrogen and oxygen atoms in total. The number of nitrogens with two attached hydrogens (primary N) is 1. The zero-order valence-corrected chi connectivity index (χ0v) is 14.8. The molecule has 1 aromatic heterocycles. The molecule has 0 bridgehead atoms. The van der Waals surface area contributed by atoms with Crippen molar-refractivity contribution in [3.8, 4) is 0 Å². The second-order valence-corrected chi connectivity index (χ2v) is 7.22. The Balaban J connectivity index is 1.74. The van der Waals surface area contributed by atoms with E-state index in [-0.39, 0.29) is 17.6 Å². The number of aromatic amines is 1. The summed E-state index contributed by atoms with van der Waals surface area (Å²) in [5, 5.41) is 4.97. The van der Waals surface area contributed by atoms with Crippen molar-refractivity contribution in [3.05, 3.63) is 18.2 Å². The molecule has 2 aliphatic rings. The first kappa shape index (κ1) is 18.2. The molecule has 3 heterocycles. The number of rotatable bonds is 6. The maximum absolute atomic E-state index is 13.0. The molecule has 2 fully saturated rings. The molecule has 0 radical (unpaired) electrons. The molecule has 2 aliphatic heterocycles. The van der Waals surface area contributed by atoms with Crippen LogP contribution in [0.4, 0.5) is 4.79 Å². The minimum atomic E-state index is -0.884. The molecule has 26 heavy (non-hydrogen) atoms. The summed E-state index contributed by atoms with van der Waals surface area (Å²) in [4.78, 5) is 56.5. The summed E-state index contributed by atoms with van der Waals surface area (Å²) >= 11 is 1.02. The minimum absolute atomic E-state index is 0.195. The zero-order chi connectivity index (χ0) is 18.7. The Morgan fingerprint density at radius 3 is 2.88 bits per heavy atom. The van der Waals surface area contributed by atoms with Gasteiger partial charge in [-0.1, -0.05) is 11.8 Å². The van der Waals surface area contributed by atoms with Gasteiger partial charge >= 0.3 is 0 Å². The predicted octanol–water partition coefficient (Wildman–Crippen LogP) is -1.26. The largest absolute Gasteiger partial charge is 0.368 e. The van der Waals surface area contributed by atoms with Crippen LogP contribution in [0.25, 0.3) is 0 Å². The smallest absolute Gasteiger partial charge is 0.279 e. The van der Waals surface area contributed by atoms with E-state index in [9.17, 15) is 19.2 Å². The number of thioether (sulfide) groups is 1. The lowest BCUT2D eigenvalue weighted by molar-refractivity contribution is -0.140. The first-order valence-corrected chi connectivity index (χ1v) is 9.25. The Morgan fingerprint density at radius 2 is 2.27 bits per heavy atom. The molecule has 1 unspecified atom stereocenters. The van der Waals surface area contributed by atoms with Gasteiger partial charge in [-0.05, 0) is 12.8 Å². The Bertz CT molecular complexity index is 709. The number of likely N-dealkylation sites (tertiary alicyclic amines) is 1. The van der Waals surface area contributed by atoms with Crippen LogP contribution in [0.15, 0.2) is 12.5 Å². The normalized spacial score (nSPS) is 23.5. The fourth-order valence-corrected chi connectivity index (χ4v) is 3.92. The molecule has 11 heteroatoms. The van der Waals surface area contributed by atoms with Crippen molar-refractivity contribution in [1.29, 1.82) is 0 Å². The molecule has 0 spiro atoms. The highest BCUT2D eigenvalue weighted by atomic mass is 32.2. The van der Waals surface area contributed by atoms with Gasteiger partial charge in [0.05, 0.1) is 6.33 Å². The van der Waals surface area contributed by atoms with Crippen LogP contribution in [-0.4, -0.2) is 68.3 Å². The van der Waals surface area contributed by atoms with Crippen LogP contribution in [0.1, 0.15) is 18.5 Å². The Morgan fingerprint density at radius 1 is 1.46 bits per heavy atom. The molecular formula is C15H20N6O4S. The van der Waals surface area contributed by atoms with Crippen molar-refractivity contribution in [1.82, 2.24) is 25.5 Å². The number of nitrogens with one attached hydrogen (secondary N) is 3. The molecule has 3 rings (SSSR count). The third-order valence-electron chi connectivity index (χ3n) is 4.45. The number of carbonyl (C=O) groups excluding carboxylic acids is 4. The van der Waals surface area contributed by atoms with Gasteiger partial charge in [0.25, 0.3) is 5.24 Å². The summed E-state index contributed by atoms with van der Waals surface area (Å²) in [6.07, 6.45) is 4.44. The van der Waals surface area contributed by atoms with Crippen LogP contribution < -0.4 is 16.4 Å². The fourth-order valence-electron chi connectivity index (χ4n) is 3.14. The van der Waals surface area contributed by atoms with Gasteiger partial charge < -0.3 is 26.3 Å². The number of aromatic nitrogens is 2. The first-order valence-electron chi connectivity index (χ1n) is 8.26. The number of imidazole rings is 1. The molecule has 0 aliphatic carbocycles. The van der Waals surface area contributed by atoms with Crippen molar-refractivity contribution in [2.45, 2.75) is 37.4 Å². The molecule has 5 N–H and O–H groups in total. The van der Waals surface area contributed by atoms with E-state index in [1.807, 2.05) is 0 Å². The SMILES string of the molecule is NC(=O)[C@H]1CCCN1C(=O)[C@H](Cc1cnc[nH]1)NC(=O)C1CSC(=O)N1.